The SMILES string of the molecule is O=C(O)CCNS(=O)(=O)c1ccc(Cl)cc1C(F)(F)F. The Kier molecular flexibility index (Phi) is 5.00. The third-order valence-corrected chi connectivity index (χ3v) is 3.92. The van der Waals surface area contributed by atoms with Gasteiger partial charge in [-0.05, 0) is 18.2 Å². The van der Waals surface area contributed by atoms with Crippen LogP contribution in [0.15, 0.2) is 23.1 Å². The van der Waals surface area contributed by atoms with E-state index >= 15 is 0 Å². The standard InChI is InChI=1S/C10H9ClF3NO4S/c11-6-1-2-8(7(5-6)10(12,13)14)20(18,19)15-4-3-9(16)17/h1-2,5,15H,3-4H2,(H,16,17). The maximum absolute atomic E-state index is 12.8. The lowest BCUT2D eigenvalue weighted by Crippen LogP contribution is -2.28. The third kappa shape index (κ3) is 4.36. The van der Waals surface area contributed by atoms with Gasteiger partial charge in [0.25, 0.3) is 0 Å². The first-order valence-corrected chi connectivity index (χ1v) is 6.98. The smallest absolute Gasteiger partial charge is 0.417 e. The average molecular weight is 332 g/mol. The molecular weight excluding hydrogens is 323 g/mol. The fourth-order valence-corrected chi connectivity index (χ4v) is 2.74. The van der Waals surface area contributed by atoms with Crippen molar-refractivity contribution < 1.29 is 31.5 Å². The lowest BCUT2D eigenvalue weighted by Gasteiger charge is -2.14. The number of alkyl halides is 3. The highest BCUT2D eigenvalue weighted by atomic mass is 35.5. The summed E-state index contributed by atoms with van der Waals surface area (Å²) in [5.74, 6) is -1.28. The Morgan fingerprint density at radius 3 is 2.45 bits per heavy atom. The second kappa shape index (κ2) is 5.98. The predicted molar refractivity (Wildman–Crippen MR) is 63.9 cm³/mol. The molecule has 0 saturated heterocycles. The molecule has 0 amide bonds. The number of nitrogens with one attached hydrogen (secondary N) is 1. The second-order valence-corrected chi connectivity index (χ2v) is 5.85. The van der Waals surface area contributed by atoms with Gasteiger partial charge in [0.2, 0.25) is 10.0 Å². The minimum atomic E-state index is -4.90. The van der Waals surface area contributed by atoms with E-state index in [1.54, 1.807) is 4.72 Å². The van der Waals surface area contributed by atoms with Crippen molar-refractivity contribution in [3.63, 3.8) is 0 Å². The fourth-order valence-electron chi connectivity index (χ4n) is 1.33. The fraction of sp³-hybridized carbons (Fsp3) is 0.300. The van der Waals surface area contributed by atoms with Crippen LogP contribution in [0.1, 0.15) is 12.0 Å². The van der Waals surface area contributed by atoms with E-state index < -0.39 is 45.6 Å². The quantitative estimate of drug-likeness (QED) is 0.865. The van der Waals surface area contributed by atoms with E-state index in [-0.39, 0.29) is 5.02 Å². The van der Waals surface area contributed by atoms with E-state index in [9.17, 15) is 26.4 Å². The van der Waals surface area contributed by atoms with Crippen molar-refractivity contribution >= 4 is 27.6 Å². The molecule has 0 saturated carbocycles. The van der Waals surface area contributed by atoms with Crippen LogP contribution in [0.4, 0.5) is 13.2 Å². The molecule has 0 atom stereocenters. The van der Waals surface area contributed by atoms with Crippen molar-refractivity contribution in [1.29, 1.82) is 0 Å². The highest BCUT2D eigenvalue weighted by molar-refractivity contribution is 7.89. The zero-order chi connectivity index (χ0) is 15.6. The van der Waals surface area contributed by atoms with Crippen LogP contribution in [-0.4, -0.2) is 26.0 Å². The molecule has 0 fully saturated rings. The number of hydrogen-bond acceptors (Lipinski definition) is 3. The molecule has 5 nitrogen and oxygen atoms in total. The molecule has 0 radical (unpaired) electrons. The van der Waals surface area contributed by atoms with Crippen LogP contribution in [0, 0.1) is 0 Å². The van der Waals surface area contributed by atoms with E-state index in [0.29, 0.717) is 12.1 Å². The van der Waals surface area contributed by atoms with Gasteiger partial charge in [-0.2, -0.15) is 13.2 Å². The van der Waals surface area contributed by atoms with Gasteiger partial charge in [0.05, 0.1) is 16.9 Å². The molecule has 0 aliphatic rings. The summed E-state index contributed by atoms with van der Waals surface area (Å²) in [6, 6.07) is 2.21. The summed E-state index contributed by atoms with van der Waals surface area (Å²) in [7, 11) is -4.48. The maximum atomic E-state index is 12.8. The second-order valence-electron chi connectivity index (χ2n) is 3.68. The molecule has 0 spiro atoms. The van der Waals surface area contributed by atoms with Crippen LogP contribution in [0.2, 0.25) is 5.02 Å². The Bertz CT molecular complexity index is 615. The van der Waals surface area contributed by atoms with Crippen molar-refractivity contribution in [2.45, 2.75) is 17.5 Å². The minimum absolute atomic E-state index is 0.262. The molecule has 2 N–H and O–H groups in total. The Balaban J connectivity index is 3.15. The number of carboxylic acid groups (broad SMARTS) is 1. The molecule has 10 heteroatoms. The zero-order valence-corrected chi connectivity index (χ0v) is 11.3. The molecule has 112 valence electrons. The van der Waals surface area contributed by atoms with E-state index in [0.717, 1.165) is 6.07 Å². The molecule has 0 unspecified atom stereocenters. The van der Waals surface area contributed by atoms with Crippen LogP contribution in [-0.2, 0) is 21.0 Å². The van der Waals surface area contributed by atoms with Gasteiger partial charge in [0.15, 0.2) is 0 Å². The van der Waals surface area contributed by atoms with Crippen LogP contribution in [0.25, 0.3) is 0 Å². The summed E-state index contributed by atoms with van der Waals surface area (Å²) >= 11 is 5.43. The summed E-state index contributed by atoms with van der Waals surface area (Å²) in [6.45, 7) is -0.516. The molecule has 0 bridgehead atoms. The Morgan fingerprint density at radius 1 is 1.35 bits per heavy atom. The third-order valence-electron chi connectivity index (χ3n) is 2.17. The number of aliphatic carboxylic acids is 1. The summed E-state index contributed by atoms with van der Waals surface area (Å²) in [6.07, 6.45) is -5.45. The first-order chi connectivity index (χ1) is 9.04. The molecule has 0 aliphatic heterocycles. The molecule has 0 aromatic heterocycles. The van der Waals surface area contributed by atoms with Crippen LogP contribution >= 0.6 is 11.6 Å². The largest absolute Gasteiger partial charge is 0.481 e. The van der Waals surface area contributed by atoms with E-state index in [1.165, 1.54) is 0 Å². The number of benzene rings is 1. The Hall–Kier alpha value is -1.32. The van der Waals surface area contributed by atoms with Gasteiger partial charge in [-0.3, -0.25) is 4.79 Å². The van der Waals surface area contributed by atoms with E-state index in [2.05, 4.69) is 0 Å². The number of carboxylic acids is 1. The zero-order valence-electron chi connectivity index (χ0n) is 9.74. The van der Waals surface area contributed by atoms with Gasteiger partial charge in [-0.15, -0.1) is 0 Å². The number of rotatable bonds is 5. The van der Waals surface area contributed by atoms with E-state index in [4.69, 9.17) is 16.7 Å². The summed E-state index contributed by atoms with van der Waals surface area (Å²) in [5, 5.41) is 8.11. The topological polar surface area (TPSA) is 83.5 Å². The number of hydrogen-bond donors (Lipinski definition) is 2. The highest BCUT2D eigenvalue weighted by Gasteiger charge is 2.37. The monoisotopic (exact) mass is 331 g/mol. The van der Waals surface area contributed by atoms with Crippen LogP contribution in [0.3, 0.4) is 0 Å². The van der Waals surface area contributed by atoms with Gasteiger partial charge in [-0.1, -0.05) is 11.6 Å². The van der Waals surface area contributed by atoms with Gasteiger partial charge in [0.1, 0.15) is 0 Å². The number of sulfonamides is 1. The van der Waals surface area contributed by atoms with Crippen LogP contribution < -0.4 is 4.72 Å². The molecule has 0 aliphatic carbocycles. The van der Waals surface area contributed by atoms with Crippen molar-refractivity contribution in [2.24, 2.45) is 0 Å². The highest BCUT2D eigenvalue weighted by Crippen LogP contribution is 2.35. The molecule has 1 aromatic carbocycles. The lowest BCUT2D eigenvalue weighted by molar-refractivity contribution is -0.140. The first kappa shape index (κ1) is 16.7. The first-order valence-electron chi connectivity index (χ1n) is 5.12. The van der Waals surface area contributed by atoms with Crippen molar-refractivity contribution in [2.75, 3.05) is 6.54 Å². The van der Waals surface area contributed by atoms with Crippen molar-refractivity contribution in [1.82, 2.24) is 4.72 Å². The molecule has 1 rings (SSSR count). The maximum Gasteiger partial charge on any atom is 0.417 e. The minimum Gasteiger partial charge on any atom is -0.481 e. The summed E-state index contributed by atoms with van der Waals surface area (Å²) < 4.78 is 63.6. The number of halogens is 4. The van der Waals surface area contributed by atoms with Crippen molar-refractivity contribution in [3.05, 3.63) is 28.8 Å². The van der Waals surface area contributed by atoms with Crippen molar-refractivity contribution in [3.8, 4) is 0 Å². The lowest BCUT2D eigenvalue weighted by atomic mass is 10.2. The Morgan fingerprint density at radius 2 is 1.95 bits per heavy atom. The molecule has 0 heterocycles. The normalized spacial score (nSPS) is 12.4. The average Bonchev–Trinajstić information content (AvgIpc) is 2.26. The number of carbonyl (C=O) groups is 1. The van der Waals surface area contributed by atoms with Gasteiger partial charge >= 0.3 is 12.1 Å². The van der Waals surface area contributed by atoms with Gasteiger partial charge in [0, 0.05) is 11.6 Å². The van der Waals surface area contributed by atoms with E-state index in [1.807, 2.05) is 0 Å². The molecule has 1 aromatic rings. The predicted octanol–water partition coefficient (Wildman–Crippen LogP) is 2.11. The van der Waals surface area contributed by atoms with Gasteiger partial charge in [-0.25, -0.2) is 13.1 Å². The van der Waals surface area contributed by atoms with Gasteiger partial charge < -0.3 is 5.11 Å². The summed E-state index contributed by atoms with van der Waals surface area (Å²) in [4.78, 5) is 9.26. The summed E-state index contributed by atoms with van der Waals surface area (Å²) in [5.41, 5.74) is -1.41. The van der Waals surface area contributed by atoms with Crippen LogP contribution in [0.5, 0.6) is 0 Å². The molecular formula is C10H9ClF3NO4S. The molecule has 20 heavy (non-hydrogen) atoms. The Labute approximate surface area is 117 Å².